The second-order valence-corrected chi connectivity index (χ2v) is 6.81. The van der Waals surface area contributed by atoms with Crippen LogP contribution in [0.2, 0.25) is 0 Å². The second-order valence-electron chi connectivity index (χ2n) is 6.81. The van der Waals surface area contributed by atoms with E-state index in [-0.39, 0.29) is 11.9 Å². The van der Waals surface area contributed by atoms with Crippen molar-refractivity contribution in [3.8, 4) is 0 Å². The molecule has 0 bridgehead atoms. The van der Waals surface area contributed by atoms with Crippen LogP contribution in [0.1, 0.15) is 39.0 Å². The van der Waals surface area contributed by atoms with Gasteiger partial charge < -0.3 is 14.2 Å². The number of ether oxygens (including phenoxy) is 3. The fraction of sp³-hybridized carbons (Fsp3) is 0.933. The third-order valence-electron chi connectivity index (χ3n) is 5.26. The lowest BCUT2D eigenvalue weighted by molar-refractivity contribution is -0.151. The Bertz CT molecular complexity index is 382. The van der Waals surface area contributed by atoms with E-state index in [1.54, 1.807) is 0 Å². The minimum Gasteiger partial charge on any atom is -0.465 e. The van der Waals surface area contributed by atoms with Gasteiger partial charge in [-0.05, 0) is 43.9 Å². The summed E-state index contributed by atoms with van der Waals surface area (Å²) in [5.74, 6) is 1.08. The molecule has 2 heterocycles. The van der Waals surface area contributed by atoms with E-state index in [2.05, 4.69) is 6.92 Å². The van der Waals surface area contributed by atoms with Gasteiger partial charge in [0.05, 0.1) is 36.9 Å². The first-order valence-corrected chi connectivity index (χ1v) is 7.68. The van der Waals surface area contributed by atoms with Gasteiger partial charge in [-0.3, -0.25) is 4.79 Å². The highest BCUT2D eigenvalue weighted by atomic mass is 16.6. The zero-order valence-corrected chi connectivity index (χ0v) is 11.4. The molecule has 2 saturated heterocycles. The summed E-state index contributed by atoms with van der Waals surface area (Å²) >= 11 is 0. The Balaban J connectivity index is 1.24. The van der Waals surface area contributed by atoms with Crippen molar-refractivity contribution >= 4 is 5.97 Å². The summed E-state index contributed by atoms with van der Waals surface area (Å²) in [6.07, 6.45) is 6.90. The van der Waals surface area contributed by atoms with Gasteiger partial charge in [-0.2, -0.15) is 0 Å². The molecule has 7 unspecified atom stereocenters. The summed E-state index contributed by atoms with van der Waals surface area (Å²) < 4.78 is 16.6. The molecule has 4 nitrogen and oxygen atoms in total. The number of carbonyl (C=O) groups is 1. The molecular weight excluding hydrogens is 244 g/mol. The molecule has 4 heteroatoms. The predicted octanol–water partition coefficient (Wildman–Crippen LogP) is 1.91. The SMILES string of the molecule is CC1CC(C(=O)OCC2CCC3OC3C2)CC2OC12. The van der Waals surface area contributed by atoms with Crippen LogP contribution in [0.15, 0.2) is 0 Å². The van der Waals surface area contributed by atoms with Gasteiger partial charge in [-0.25, -0.2) is 0 Å². The minimum atomic E-state index is -0.000334. The van der Waals surface area contributed by atoms with Crippen molar-refractivity contribution in [1.29, 1.82) is 0 Å². The van der Waals surface area contributed by atoms with Gasteiger partial charge in [0.1, 0.15) is 0 Å². The monoisotopic (exact) mass is 266 g/mol. The van der Waals surface area contributed by atoms with Crippen LogP contribution in [0, 0.1) is 17.8 Å². The molecule has 0 N–H and O–H groups in total. The van der Waals surface area contributed by atoms with Crippen molar-refractivity contribution in [3.05, 3.63) is 0 Å². The third-order valence-corrected chi connectivity index (χ3v) is 5.26. The minimum absolute atomic E-state index is 0.000334. The van der Waals surface area contributed by atoms with E-state index in [0.29, 0.717) is 42.9 Å². The summed E-state index contributed by atoms with van der Waals surface area (Å²) in [4.78, 5) is 12.1. The van der Waals surface area contributed by atoms with E-state index >= 15 is 0 Å². The summed E-state index contributed by atoms with van der Waals surface area (Å²) in [7, 11) is 0. The molecule has 0 aromatic heterocycles. The first-order valence-electron chi connectivity index (χ1n) is 7.68. The van der Waals surface area contributed by atoms with Crippen LogP contribution < -0.4 is 0 Å². The zero-order valence-electron chi connectivity index (χ0n) is 11.4. The van der Waals surface area contributed by atoms with E-state index in [9.17, 15) is 4.79 Å². The van der Waals surface area contributed by atoms with Crippen molar-refractivity contribution in [2.24, 2.45) is 17.8 Å². The lowest BCUT2D eigenvalue weighted by Crippen LogP contribution is -2.30. The molecular formula is C15H22O4. The van der Waals surface area contributed by atoms with Gasteiger partial charge in [-0.1, -0.05) is 6.92 Å². The highest BCUT2D eigenvalue weighted by Gasteiger charge is 2.50. The van der Waals surface area contributed by atoms with Gasteiger partial charge >= 0.3 is 5.97 Å². The number of fused-ring (bicyclic) bond motifs is 2. The molecule has 4 aliphatic rings. The normalized spacial score (nSPS) is 50.9. The number of epoxide rings is 2. The molecule has 4 fully saturated rings. The maximum atomic E-state index is 12.1. The molecule has 2 aliphatic heterocycles. The Labute approximate surface area is 113 Å². The lowest BCUT2D eigenvalue weighted by Gasteiger charge is -2.24. The summed E-state index contributed by atoms with van der Waals surface area (Å²) in [6.45, 7) is 2.76. The molecule has 106 valence electrons. The smallest absolute Gasteiger partial charge is 0.309 e. The quantitative estimate of drug-likeness (QED) is 0.578. The van der Waals surface area contributed by atoms with Crippen molar-refractivity contribution in [3.63, 3.8) is 0 Å². The number of rotatable bonds is 3. The first-order chi connectivity index (χ1) is 9.20. The highest BCUT2D eigenvalue weighted by molar-refractivity contribution is 5.72. The Hall–Kier alpha value is -0.610. The lowest BCUT2D eigenvalue weighted by atomic mass is 9.82. The Morgan fingerprint density at radius 3 is 2.79 bits per heavy atom. The van der Waals surface area contributed by atoms with Crippen molar-refractivity contribution in [1.82, 2.24) is 0 Å². The topological polar surface area (TPSA) is 51.4 Å². The molecule has 0 aromatic rings. The molecule has 2 aliphatic carbocycles. The van der Waals surface area contributed by atoms with Gasteiger partial charge in [0.2, 0.25) is 0 Å². The maximum absolute atomic E-state index is 12.1. The standard InChI is InChI=1S/C15H22O4/c1-8-4-10(6-13-14(8)19-13)15(16)17-7-9-2-3-11-12(5-9)18-11/h8-14H,2-7H2,1H3. The molecule has 0 radical (unpaired) electrons. The molecule has 4 rings (SSSR count). The van der Waals surface area contributed by atoms with Crippen LogP contribution in [0.3, 0.4) is 0 Å². The molecule has 0 aromatic carbocycles. The zero-order chi connectivity index (χ0) is 13.0. The van der Waals surface area contributed by atoms with E-state index in [4.69, 9.17) is 14.2 Å². The van der Waals surface area contributed by atoms with Crippen LogP contribution in [-0.4, -0.2) is 37.0 Å². The first kappa shape index (κ1) is 12.2. The summed E-state index contributed by atoms with van der Waals surface area (Å²) in [5.41, 5.74) is 0. The van der Waals surface area contributed by atoms with Gasteiger partial charge in [0, 0.05) is 0 Å². The van der Waals surface area contributed by atoms with Crippen LogP contribution in [0.4, 0.5) is 0 Å². The Kier molecular flexibility index (Phi) is 2.85. The van der Waals surface area contributed by atoms with Gasteiger partial charge in [0.25, 0.3) is 0 Å². The number of hydrogen-bond donors (Lipinski definition) is 0. The summed E-state index contributed by atoms with van der Waals surface area (Å²) in [5, 5.41) is 0. The fourth-order valence-electron chi connectivity index (χ4n) is 3.95. The Morgan fingerprint density at radius 1 is 1.11 bits per heavy atom. The van der Waals surface area contributed by atoms with Crippen molar-refractivity contribution < 1.29 is 19.0 Å². The molecule has 0 amide bonds. The van der Waals surface area contributed by atoms with E-state index < -0.39 is 0 Å². The van der Waals surface area contributed by atoms with Crippen LogP contribution >= 0.6 is 0 Å². The fourth-order valence-corrected chi connectivity index (χ4v) is 3.95. The van der Waals surface area contributed by atoms with Gasteiger partial charge in [0.15, 0.2) is 0 Å². The van der Waals surface area contributed by atoms with Crippen LogP contribution in [-0.2, 0) is 19.0 Å². The van der Waals surface area contributed by atoms with E-state index in [1.807, 2.05) is 0 Å². The average Bonchev–Trinajstić information content (AvgIpc) is 3.27. The predicted molar refractivity (Wildman–Crippen MR) is 67.5 cm³/mol. The van der Waals surface area contributed by atoms with Crippen molar-refractivity contribution in [2.75, 3.05) is 6.61 Å². The summed E-state index contributed by atoms with van der Waals surface area (Å²) in [6, 6.07) is 0. The van der Waals surface area contributed by atoms with E-state index in [0.717, 1.165) is 32.1 Å². The maximum Gasteiger partial charge on any atom is 0.309 e. The average molecular weight is 266 g/mol. The Morgan fingerprint density at radius 2 is 2.00 bits per heavy atom. The molecule has 7 atom stereocenters. The molecule has 19 heavy (non-hydrogen) atoms. The van der Waals surface area contributed by atoms with E-state index in [1.165, 1.54) is 0 Å². The number of esters is 1. The number of carbonyl (C=O) groups excluding carboxylic acids is 1. The largest absolute Gasteiger partial charge is 0.465 e. The van der Waals surface area contributed by atoms with Crippen molar-refractivity contribution in [2.45, 2.75) is 63.4 Å². The molecule has 0 spiro atoms. The van der Waals surface area contributed by atoms with Crippen LogP contribution in [0.25, 0.3) is 0 Å². The highest BCUT2D eigenvalue weighted by Crippen LogP contribution is 2.44. The van der Waals surface area contributed by atoms with Crippen LogP contribution in [0.5, 0.6) is 0 Å². The van der Waals surface area contributed by atoms with Gasteiger partial charge in [-0.15, -0.1) is 0 Å². The molecule has 2 saturated carbocycles. The second kappa shape index (κ2) is 4.45. The number of hydrogen-bond acceptors (Lipinski definition) is 4. The third kappa shape index (κ3) is 2.40.